The summed E-state index contributed by atoms with van der Waals surface area (Å²) in [5, 5.41) is 0. The molecule has 1 unspecified atom stereocenters. The van der Waals surface area contributed by atoms with Crippen LogP contribution in [0.25, 0.3) is 0 Å². The highest BCUT2D eigenvalue weighted by Gasteiger charge is 2.19. The molecular formula is C62H108O6. The van der Waals surface area contributed by atoms with Crippen LogP contribution in [0.15, 0.2) is 72.9 Å². The minimum atomic E-state index is -0.783. The van der Waals surface area contributed by atoms with Gasteiger partial charge in [0.1, 0.15) is 13.2 Å². The summed E-state index contributed by atoms with van der Waals surface area (Å²) in [6.45, 7) is 6.55. The first-order valence-corrected chi connectivity index (χ1v) is 28.9. The quantitative estimate of drug-likeness (QED) is 0.0262. The van der Waals surface area contributed by atoms with E-state index < -0.39 is 6.10 Å². The third kappa shape index (κ3) is 53.8. The predicted octanol–water partition coefficient (Wildman–Crippen LogP) is 19.4. The van der Waals surface area contributed by atoms with Crippen molar-refractivity contribution in [2.75, 3.05) is 13.2 Å². The summed E-state index contributed by atoms with van der Waals surface area (Å²) in [5.41, 5.74) is 0. The topological polar surface area (TPSA) is 78.9 Å². The fraction of sp³-hybridized carbons (Fsp3) is 0.758. The molecule has 0 aliphatic carbocycles. The van der Waals surface area contributed by atoms with Gasteiger partial charge in [0.15, 0.2) is 6.10 Å². The van der Waals surface area contributed by atoms with Crippen LogP contribution in [0, 0.1) is 0 Å². The van der Waals surface area contributed by atoms with Gasteiger partial charge in [-0.1, -0.05) is 241 Å². The summed E-state index contributed by atoms with van der Waals surface area (Å²) in [5.74, 6) is -0.907. The molecule has 0 aliphatic rings. The van der Waals surface area contributed by atoms with Gasteiger partial charge in [-0.15, -0.1) is 0 Å². The van der Waals surface area contributed by atoms with Crippen molar-refractivity contribution in [1.82, 2.24) is 0 Å². The van der Waals surface area contributed by atoms with Crippen LogP contribution in [0.5, 0.6) is 0 Å². The molecule has 0 aliphatic heterocycles. The average Bonchev–Trinajstić information content (AvgIpc) is 3.34. The first-order chi connectivity index (χ1) is 33.5. The van der Waals surface area contributed by atoms with Crippen LogP contribution in [0.4, 0.5) is 0 Å². The van der Waals surface area contributed by atoms with Crippen LogP contribution in [-0.4, -0.2) is 37.2 Å². The molecule has 0 bridgehead atoms. The number of ether oxygens (including phenoxy) is 3. The normalized spacial score (nSPS) is 12.6. The Labute approximate surface area is 421 Å². The Bertz CT molecular complexity index is 1270. The van der Waals surface area contributed by atoms with Crippen LogP contribution < -0.4 is 0 Å². The van der Waals surface area contributed by atoms with Gasteiger partial charge in [0.25, 0.3) is 0 Å². The summed E-state index contributed by atoms with van der Waals surface area (Å²) in [6, 6.07) is 0. The van der Waals surface area contributed by atoms with Gasteiger partial charge < -0.3 is 14.2 Å². The number of hydrogen-bond acceptors (Lipinski definition) is 6. The number of unbranched alkanes of at least 4 members (excludes halogenated alkanes) is 29. The molecule has 0 rings (SSSR count). The van der Waals surface area contributed by atoms with E-state index in [9.17, 15) is 14.4 Å². The summed E-state index contributed by atoms with van der Waals surface area (Å²) < 4.78 is 16.7. The largest absolute Gasteiger partial charge is 0.462 e. The minimum Gasteiger partial charge on any atom is -0.462 e. The van der Waals surface area contributed by atoms with Crippen LogP contribution >= 0.6 is 0 Å². The van der Waals surface area contributed by atoms with E-state index in [4.69, 9.17) is 14.2 Å². The van der Waals surface area contributed by atoms with E-state index in [1.54, 1.807) is 0 Å². The lowest BCUT2D eigenvalue weighted by atomic mass is 10.1. The van der Waals surface area contributed by atoms with Crippen molar-refractivity contribution in [2.24, 2.45) is 0 Å². The molecule has 0 fully saturated rings. The zero-order valence-electron chi connectivity index (χ0n) is 44.9. The zero-order valence-corrected chi connectivity index (χ0v) is 44.9. The molecule has 0 spiro atoms. The van der Waals surface area contributed by atoms with E-state index in [2.05, 4.69) is 93.7 Å². The third-order valence-electron chi connectivity index (χ3n) is 12.4. The first kappa shape index (κ1) is 64.8. The second kappa shape index (κ2) is 56.4. The van der Waals surface area contributed by atoms with Gasteiger partial charge in [0.2, 0.25) is 0 Å². The van der Waals surface area contributed by atoms with Crippen molar-refractivity contribution in [1.29, 1.82) is 0 Å². The zero-order chi connectivity index (χ0) is 49.3. The molecule has 392 valence electrons. The fourth-order valence-corrected chi connectivity index (χ4v) is 8.04. The lowest BCUT2D eigenvalue weighted by molar-refractivity contribution is -0.167. The number of hydrogen-bond donors (Lipinski definition) is 0. The standard InChI is InChI=1S/C62H108O6/c1-4-7-10-13-16-18-20-22-24-26-28-30-31-33-34-36-38-40-42-44-46-49-52-55-61(64)67-58-59(57-66-60(63)54-51-48-15-12-9-6-3)68-62(65)56-53-50-47-45-43-41-39-37-35-32-29-27-25-23-21-19-17-14-11-8-5-2/h20-23,26-29,31,33,35,37,59H,4-19,24-25,30,32,34,36,38-58H2,1-3H3/b22-20-,23-21-,28-26-,29-27-,33-31-,37-35-. The number of esters is 3. The molecule has 0 aromatic heterocycles. The molecule has 0 saturated heterocycles. The van der Waals surface area contributed by atoms with Crippen molar-refractivity contribution in [2.45, 2.75) is 290 Å². The van der Waals surface area contributed by atoms with Gasteiger partial charge in [-0.25, -0.2) is 0 Å². The van der Waals surface area contributed by atoms with Crippen molar-refractivity contribution in [3.05, 3.63) is 72.9 Å². The Morgan fingerprint density at radius 1 is 0.294 bits per heavy atom. The molecule has 0 aromatic rings. The maximum absolute atomic E-state index is 12.8. The van der Waals surface area contributed by atoms with Gasteiger partial charge >= 0.3 is 17.9 Å². The van der Waals surface area contributed by atoms with E-state index in [-0.39, 0.29) is 31.1 Å². The number of allylic oxidation sites excluding steroid dienone is 12. The summed E-state index contributed by atoms with van der Waals surface area (Å²) in [7, 11) is 0. The summed E-state index contributed by atoms with van der Waals surface area (Å²) in [6.07, 6.45) is 72.1. The Balaban J connectivity index is 4.20. The van der Waals surface area contributed by atoms with Gasteiger partial charge in [0, 0.05) is 19.3 Å². The number of carbonyl (C=O) groups is 3. The molecular weight excluding hydrogens is 841 g/mol. The highest BCUT2D eigenvalue weighted by molar-refractivity contribution is 5.71. The van der Waals surface area contributed by atoms with Crippen LogP contribution in [0.3, 0.4) is 0 Å². The van der Waals surface area contributed by atoms with Crippen molar-refractivity contribution >= 4 is 17.9 Å². The number of rotatable bonds is 52. The average molecular weight is 950 g/mol. The Morgan fingerprint density at radius 3 is 0.824 bits per heavy atom. The maximum Gasteiger partial charge on any atom is 0.306 e. The van der Waals surface area contributed by atoms with Gasteiger partial charge in [-0.3, -0.25) is 14.4 Å². The smallest absolute Gasteiger partial charge is 0.306 e. The molecule has 6 heteroatoms. The Kier molecular flexibility index (Phi) is 53.8. The Morgan fingerprint density at radius 2 is 0.529 bits per heavy atom. The first-order valence-electron chi connectivity index (χ1n) is 28.9. The molecule has 0 saturated carbocycles. The molecule has 68 heavy (non-hydrogen) atoms. The van der Waals surface area contributed by atoms with E-state index in [1.807, 2.05) is 0 Å². The van der Waals surface area contributed by atoms with Crippen LogP contribution in [0.2, 0.25) is 0 Å². The van der Waals surface area contributed by atoms with Crippen LogP contribution in [0.1, 0.15) is 284 Å². The van der Waals surface area contributed by atoms with Crippen molar-refractivity contribution in [3.8, 4) is 0 Å². The lowest BCUT2D eigenvalue weighted by Crippen LogP contribution is -2.30. The van der Waals surface area contributed by atoms with Crippen molar-refractivity contribution < 1.29 is 28.6 Å². The van der Waals surface area contributed by atoms with E-state index in [0.717, 1.165) is 103 Å². The monoisotopic (exact) mass is 949 g/mol. The summed E-state index contributed by atoms with van der Waals surface area (Å²) in [4.78, 5) is 37.9. The highest BCUT2D eigenvalue weighted by Crippen LogP contribution is 2.15. The molecule has 6 nitrogen and oxygen atoms in total. The highest BCUT2D eigenvalue weighted by atomic mass is 16.6. The molecule has 0 N–H and O–H groups in total. The van der Waals surface area contributed by atoms with Crippen molar-refractivity contribution in [3.63, 3.8) is 0 Å². The summed E-state index contributed by atoms with van der Waals surface area (Å²) >= 11 is 0. The Hall–Kier alpha value is -3.15. The molecule has 1 atom stereocenters. The van der Waals surface area contributed by atoms with E-state index >= 15 is 0 Å². The predicted molar refractivity (Wildman–Crippen MR) is 293 cm³/mol. The van der Waals surface area contributed by atoms with Crippen LogP contribution in [-0.2, 0) is 28.6 Å². The molecule has 0 aromatic carbocycles. The third-order valence-corrected chi connectivity index (χ3v) is 12.4. The van der Waals surface area contributed by atoms with Gasteiger partial charge in [0.05, 0.1) is 0 Å². The fourth-order valence-electron chi connectivity index (χ4n) is 8.04. The van der Waals surface area contributed by atoms with E-state index in [1.165, 1.54) is 141 Å². The van der Waals surface area contributed by atoms with Gasteiger partial charge in [-0.2, -0.15) is 0 Å². The second-order valence-corrected chi connectivity index (χ2v) is 19.2. The lowest BCUT2D eigenvalue weighted by Gasteiger charge is -2.18. The minimum absolute atomic E-state index is 0.0832. The van der Waals surface area contributed by atoms with Gasteiger partial charge in [-0.05, 0) is 96.3 Å². The van der Waals surface area contributed by atoms with E-state index in [0.29, 0.717) is 19.3 Å². The molecule has 0 heterocycles. The maximum atomic E-state index is 12.8. The second-order valence-electron chi connectivity index (χ2n) is 19.2. The number of carbonyl (C=O) groups excluding carboxylic acids is 3. The molecule has 0 radical (unpaired) electrons. The molecule has 0 amide bonds. The SMILES string of the molecule is CCCCCCC/C=C\C/C=C\C/C=C\CCCCCCCCCCC(=O)OCC(COC(=O)CCCCCCCC)OC(=O)CCCCCCCC/C=C\C/C=C\C/C=C\CCCCCCC.